The van der Waals surface area contributed by atoms with Crippen molar-refractivity contribution >= 4 is 33.3 Å². The number of para-hydroxylation sites is 1. The minimum atomic E-state index is -0.356. The fourth-order valence-electron chi connectivity index (χ4n) is 3.34. The Bertz CT molecular complexity index is 1260. The van der Waals surface area contributed by atoms with Gasteiger partial charge in [0, 0.05) is 16.9 Å². The zero-order valence-corrected chi connectivity index (χ0v) is 14.6. The Labute approximate surface area is 153 Å². The molecular weight excluding hydrogens is 344 g/mol. The number of hydrogen-bond acceptors (Lipinski definition) is 4. The topological polar surface area (TPSA) is 43.4 Å². The lowest BCUT2D eigenvalue weighted by atomic mass is 10.0. The van der Waals surface area contributed by atoms with E-state index in [0.29, 0.717) is 23.0 Å². The second-order valence-electron chi connectivity index (χ2n) is 6.13. The monoisotopic (exact) mass is 358 g/mol. The van der Waals surface area contributed by atoms with E-state index < -0.39 is 0 Å². The van der Waals surface area contributed by atoms with E-state index in [4.69, 9.17) is 8.83 Å². The van der Waals surface area contributed by atoms with Crippen LogP contribution in [-0.2, 0) is 6.42 Å². The van der Waals surface area contributed by atoms with Crippen molar-refractivity contribution in [1.29, 1.82) is 0 Å². The Hall–Kier alpha value is -3.11. The summed E-state index contributed by atoms with van der Waals surface area (Å²) in [4.78, 5) is 13.8. The molecule has 2 aromatic carbocycles. The molecule has 3 heterocycles. The minimum absolute atomic E-state index is 0.356. The van der Waals surface area contributed by atoms with Crippen LogP contribution in [0.4, 0.5) is 0 Å². The predicted molar refractivity (Wildman–Crippen MR) is 105 cm³/mol. The smallest absolute Gasteiger partial charge is 0.348 e. The first-order valence-electron chi connectivity index (χ1n) is 8.36. The number of hydrogen-bond donors (Lipinski definition) is 0. The molecule has 0 aliphatic heterocycles. The molecule has 0 amide bonds. The molecule has 0 N–H and O–H groups in total. The summed E-state index contributed by atoms with van der Waals surface area (Å²) in [6.45, 7) is 0. The third kappa shape index (κ3) is 2.38. The highest BCUT2D eigenvalue weighted by Crippen LogP contribution is 2.39. The van der Waals surface area contributed by atoms with Crippen LogP contribution in [0.5, 0.6) is 0 Å². The first-order chi connectivity index (χ1) is 12.8. The molecule has 0 aliphatic carbocycles. The normalized spacial score (nSPS) is 11.4. The van der Waals surface area contributed by atoms with Crippen molar-refractivity contribution in [1.82, 2.24) is 0 Å². The Morgan fingerprint density at radius 2 is 1.65 bits per heavy atom. The minimum Gasteiger partial charge on any atom is -0.459 e. The quantitative estimate of drug-likeness (QED) is 0.379. The molecule has 3 aromatic heterocycles. The van der Waals surface area contributed by atoms with Gasteiger partial charge in [0.1, 0.15) is 16.7 Å². The average Bonchev–Trinajstić information content (AvgIpc) is 3.30. The second-order valence-corrected chi connectivity index (χ2v) is 7.08. The third-order valence-corrected chi connectivity index (χ3v) is 5.38. The van der Waals surface area contributed by atoms with Gasteiger partial charge in [-0.2, -0.15) is 0 Å². The summed E-state index contributed by atoms with van der Waals surface area (Å²) in [5.74, 6) is 0.789. The lowest BCUT2D eigenvalue weighted by molar-refractivity contribution is 0.553. The van der Waals surface area contributed by atoms with Crippen LogP contribution in [-0.4, -0.2) is 0 Å². The Kier molecular flexibility index (Phi) is 3.50. The molecule has 26 heavy (non-hydrogen) atoms. The molecule has 0 saturated heterocycles. The summed E-state index contributed by atoms with van der Waals surface area (Å²) in [6.07, 6.45) is 0.622. The molecule has 4 heteroatoms. The molecule has 0 aliphatic rings. The molecule has 0 atom stereocenters. The van der Waals surface area contributed by atoms with Gasteiger partial charge in [-0.1, -0.05) is 48.5 Å². The fraction of sp³-hybridized carbons (Fsp3) is 0.0455. The Balaban J connectivity index is 1.86. The number of furan rings is 1. The van der Waals surface area contributed by atoms with Crippen LogP contribution in [0, 0.1) is 0 Å². The van der Waals surface area contributed by atoms with Crippen molar-refractivity contribution in [3.63, 3.8) is 0 Å². The van der Waals surface area contributed by atoms with Gasteiger partial charge in [0.25, 0.3) is 0 Å². The van der Waals surface area contributed by atoms with Crippen LogP contribution in [0.2, 0.25) is 0 Å². The van der Waals surface area contributed by atoms with E-state index in [9.17, 15) is 4.79 Å². The van der Waals surface area contributed by atoms with Crippen molar-refractivity contribution in [2.24, 2.45) is 0 Å². The van der Waals surface area contributed by atoms with E-state index >= 15 is 0 Å². The summed E-state index contributed by atoms with van der Waals surface area (Å²) >= 11 is 1.59. The maximum absolute atomic E-state index is 12.8. The van der Waals surface area contributed by atoms with Gasteiger partial charge in [0.05, 0.1) is 5.39 Å². The standard InChI is InChI=1S/C22H14O3S/c23-22-20-19(18-11-6-12-26-18)17(13-14-7-2-1-3-8-14)24-21(20)15-9-4-5-10-16(15)25-22/h1-12H,13H2. The Morgan fingerprint density at radius 3 is 2.46 bits per heavy atom. The summed E-state index contributed by atoms with van der Waals surface area (Å²) < 4.78 is 11.8. The van der Waals surface area contributed by atoms with Crippen molar-refractivity contribution in [3.05, 3.63) is 93.9 Å². The maximum atomic E-state index is 12.8. The van der Waals surface area contributed by atoms with Crippen molar-refractivity contribution in [3.8, 4) is 10.4 Å². The molecule has 0 fully saturated rings. The molecule has 5 aromatic rings. The molecule has 3 nitrogen and oxygen atoms in total. The third-order valence-electron chi connectivity index (χ3n) is 4.49. The summed E-state index contributed by atoms with van der Waals surface area (Å²) in [7, 11) is 0. The van der Waals surface area contributed by atoms with Crippen molar-refractivity contribution in [2.45, 2.75) is 6.42 Å². The van der Waals surface area contributed by atoms with Crippen LogP contribution < -0.4 is 5.63 Å². The molecule has 0 saturated carbocycles. The number of thiophene rings is 1. The second kappa shape index (κ2) is 6.00. The van der Waals surface area contributed by atoms with Crippen LogP contribution >= 0.6 is 11.3 Å². The van der Waals surface area contributed by atoms with Crippen molar-refractivity contribution in [2.75, 3.05) is 0 Å². The van der Waals surface area contributed by atoms with Gasteiger partial charge in [-0.15, -0.1) is 11.3 Å². The molecule has 0 radical (unpaired) electrons. The molecule has 0 bridgehead atoms. The largest absolute Gasteiger partial charge is 0.459 e. The first-order valence-corrected chi connectivity index (χ1v) is 9.24. The van der Waals surface area contributed by atoms with E-state index in [1.165, 1.54) is 0 Å². The highest BCUT2D eigenvalue weighted by Gasteiger charge is 2.22. The zero-order valence-electron chi connectivity index (χ0n) is 13.8. The van der Waals surface area contributed by atoms with E-state index in [1.54, 1.807) is 17.4 Å². The zero-order chi connectivity index (χ0) is 17.5. The van der Waals surface area contributed by atoms with Crippen LogP contribution in [0.25, 0.3) is 32.4 Å². The lowest BCUT2D eigenvalue weighted by Gasteiger charge is -2.01. The van der Waals surface area contributed by atoms with Gasteiger partial charge in [-0.3, -0.25) is 0 Å². The fourth-order valence-corrected chi connectivity index (χ4v) is 4.14. The summed E-state index contributed by atoms with van der Waals surface area (Å²) in [5, 5.41) is 3.35. The van der Waals surface area contributed by atoms with Crippen LogP contribution in [0.15, 0.2) is 85.7 Å². The van der Waals surface area contributed by atoms with Gasteiger partial charge in [0.2, 0.25) is 0 Å². The highest BCUT2D eigenvalue weighted by molar-refractivity contribution is 7.13. The van der Waals surface area contributed by atoms with E-state index in [0.717, 1.165) is 27.2 Å². The molecule has 0 unspecified atom stereocenters. The van der Waals surface area contributed by atoms with Gasteiger partial charge in [-0.25, -0.2) is 4.79 Å². The Morgan fingerprint density at radius 1 is 0.846 bits per heavy atom. The van der Waals surface area contributed by atoms with E-state index in [-0.39, 0.29) is 5.63 Å². The van der Waals surface area contributed by atoms with Gasteiger partial charge in [0.15, 0.2) is 5.58 Å². The maximum Gasteiger partial charge on any atom is 0.348 e. The van der Waals surface area contributed by atoms with Gasteiger partial charge < -0.3 is 8.83 Å². The van der Waals surface area contributed by atoms with Gasteiger partial charge in [-0.05, 0) is 29.1 Å². The SMILES string of the molecule is O=c1oc2ccccc2c2oc(Cc3ccccc3)c(-c3cccs3)c12. The van der Waals surface area contributed by atoms with E-state index in [2.05, 4.69) is 12.1 Å². The van der Waals surface area contributed by atoms with Crippen LogP contribution in [0.1, 0.15) is 11.3 Å². The number of fused-ring (bicyclic) bond motifs is 3. The lowest BCUT2D eigenvalue weighted by Crippen LogP contribution is -1.99. The van der Waals surface area contributed by atoms with Gasteiger partial charge >= 0.3 is 5.63 Å². The highest BCUT2D eigenvalue weighted by atomic mass is 32.1. The first kappa shape index (κ1) is 15.2. The predicted octanol–water partition coefficient (Wildman–Crippen LogP) is 5.86. The van der Waals surface area contributed by atoms with E-state index in [1.807, 2.05) is 53.9 Å². The van der Waals surface area contributed by atoms with Crippen LogP contribution in [0.3, 0.4) is 0 Å². The molecule has 5 rings (SSSR count). The average molecular weight is 358 g/mol. The number of rotatable bonds is 3. The molecule has 0 spiro atoms. The molecule has 126 valence electrons. The summed E-state index contributed by atoms with van der Waals surface area (Å²) in [6, 6.07) is 21.6. The van der Waals surface area contributed by atoms with Crippen molar-refractivity contribution < 1.29 is 8.83 Å². The molecular formula is C22H14O3S. The summed E-state index contributed by atoms with van der Waals surface area (Å²) in [5.41, 5.74) is 2.77. The number of benzene rings is 2.